The van der Waals surface area contributed by atoms with Gasteiger partial charge in [0.25, 0.3) is 0 Å². The van der Waals surface area contributed by atoms with Crippen molar-refractivity contribution in [1.29, 1.82) is 5.26 Å². The quantitative estimate of drug-likeness (QED) is 0.881. The number of piperazine rings is 1. The number of hydrogen-bond donors (Lipinski definition) is 2. The van der Waals surface area contributed by atoms with E-state index in [2.05, 4.69) is 15.5 Å². The van der Waals surface area contributed by atoms with Gasteiger partial charge >= 0.3 is 0 Å². The van der Waals surface area contributed by atoms with E-state index in [0.717, 1.165) is 32.2 Å². The Hall–Kier alpha value is -1.97. The number of amides is 1. The number of hydrogen-bond acceptors (Lipinski definition) is 4. The van der Waals surface area contributed by atoms with E-state index >= 15 is 0 Å². The van der Waals surface area contributed by atoms with E-state index in [4.69, 9.17) is 5.26 Å². The van der Waals surface area contributed by atoms with Gasteiger partial charge < -0.3 is 10.6 Å². The first-order valence-electron chi connectivity index (χ1n) is 6.92. The molecule has 1 aliphatic rings. The summed E-state index contributed by atoms with van der Waals surface area (Å²) in [7, 11) is 0. The fraction of sp³-hybridized carbons (Fsp3) is 0.467. The Bertz CT molecular complexity index is 574. The molecule has 2 rings (SSSR count). The lowest BCUT2D eigenvalue weighted by Crippen LogP contribution is -2.58. The van der Waals surface area contributed by atoms with E-state index < -0.39 is 11.4 Å². The molecule has 1 aromatic carbocycles. The monoisotopic (exact) mass is 290 g/mol. The van der Waals surface area contributed by atoms with Crippen LogP contribution in [0, 0.1) is 17.1 Å². The minimum Gasteiger partial charge on any atom is -0.323 e. The third kappa shape index (κ3) is 3.38. The van der Waals surface area contributed by atoms with Crippen LogP contribution in [0.25, 0.3) is 0 Å². The van der Waals surface area contributed by atoms with E-state index in [1.807, 2.05) is 19.9 Å². The molecule has 1 aliphatic heterocycles. The molecular formula is C15H19FN4O. The standard InChI is InChI=1S/C15H19FN4O/c1-15(2,20-7-5-18-6-8-20)14(21)19-13-4-3-12(16)9-11(13)10-17/h3-4,9,18H,5-8H2,1-2H3,(H,19,21). The lowest BCUT2D eigenvalue weighted by atomic mass is 10.00. The zero-order chi connectivity index (χ0) is 15.5. The van der Waals surface area contributed by atoms with Crippen LogP contribution in [0.4, 0.5) is 10.1 Å². The van der Waals surface area contributed by atoms with Gasteiger partial charge in [-0.3, -0.25) is 9.69 Å². The van der Waals surface area contributed by atoms with Gasteiger partial charge in [0, 0.05) is 26.2 Å². The fourth-order valence-electron chi connectivity index (χ4n) is 2.36. The smallest absolute Gasteiger partial charge is 0.244 e. The van der Waals surface area contributed by atoms with Crippen molar-refractivity contribution in [3.63, 3.8) is 0 Å². The van der Waals surface area contributed by atoms with Crippen LogP contribution in [0.5, 0.6) is 0 Å². The Kier molecular flexibility index (Phi) is 4.56. The van der Waals surface area contributed by atoms with Crippen molar-refractivity contribution in [3.05, 3.63) is 29.6 Å². The van der Waals surface area contributed by atoms with Gasteiger partial charge in [-0.25, -0.2) is 4.39 Å². The summed E-state index contributed by atoms with van der Waals surface area (Å²) >= 11 is 0. The molecule has 0 bridgehead atoms. The minimum absolute atomic E-state index is 0.125. The van der Waals surface area contributed by atoms with Crippen molar-refractivity contribution in [2.24, 2.45) is 0 Å². The van der Waals surface area contributed by atoms with Gasteiger partial charge in [0.05, 0.1) is 16.8 Å². The Morgan fingerprint density at radius 3 is 2.71 bits per heavy atom. The molecule has 21 heavy (non-hydrogen) atoms. The molecule has 1 amide bonds. The van der Waals surface area contributed by atoms with Crippen LogP contribution in [0.15, 0.2) is 18.2 Å². The second-order valence-corrected chi connectivity index (χ2v) is 5.55. The largest absolute Gasteiger partial charge is 0.323 e. The second-order valence-electron chi connectivity index (χ2n) is 5.55. The lowest BCUT2D eigenvalue weighted by molar-refractivity contribution is -0.126. The van der Waals surface area contributed by atoms with Crippen molar-refractivity contribution in [2.75, 3.05) is 31.5 Å². The van der Waals surface area contributed by atoms with Crippen LogP contribution in [-0.2, 0) is 4.79 Å². The average molecular weight is 290 g/mol. The molecule has 1 fully saturated rings. The van der Waals surface area contributed by atoms with Gasteiger partial charge in [0.1, 0.15) is 11.9 Å². The van der Waals surface area contributed by atoms with Crippen LogP contribution in [0.2, 0.25) is 0 Å². The number of nitrogens with one attached hydrogen (secondary N) is 2. The highest BCUT2D eigenvalue weighted by Gasteiger charge is 2.35. The van der Waals surface area contributed by atoms with Crippen molar-refractivity contribution >= 4 is 11.6 Å². The molecule has 0 aromatic heterocycles. The van der Waals surface area contributed by atoms with Crippen molar-refractivity contribution in [3.8, 4) is 6.07 Å². The third-order valence-electron chi connectivity index (χ3n) is 3.81. The van der Waals surface area contributed by atoms with Crippen molar-refractivity contribution < 1.29 is 9.18 Å². The Morgan fingerprint density at radius 2 is 2.10 bits per heavy atom. The van der Waals surface area contributed by atoms with E-state index in [9.17, 15) is 9.18 Å². The Morgan fingerprint density at radius 1 is 1.43 bits per heavy atom. The number of nitriles is 1. The number of halogens is 1. The first-order valence-corrected chi connectivity index (χ1v) is 6.92. The van der Waals surface area contributed by atoms with Gasteiger partial charge in [0.15, 0.2) is 0 Å². The summed E-state index contributed by atoms with van der Waals surface area (Å²) in [6.07, 6.45) is 0. The summed E-state index contributed by atoms with van der Waals surface area (Å²) in [5, 5.41) is 15.0. The predicted molar refractivity (Wildman–Crippen MR) is 78.3 cm³/mol. The highest BCUT2D eigenvalue weighted by atomic mass is 19.1. The van der Waals surface area contributed by atoms with Gasteiger partial charge in [-0.2, -0.15) is 5.26 Å². The third-order valence-corrected chi connectivity index (χ3v) is 3.81. The molecule has 1 saturated heterocycles. The molecule has 1 heterocycles. The molecule has 0 spiro atoms. The molecule has 0 aliphatic carbocycles. The number of rotatable bonds is 3. The van der Waals surface area contributed by atoms with Crippen LogP contribution in [0.1, 0.15) is 19.4 Å². The van der Waals surface area contributed by atoms with E-state index in [0.29, 0.717) is 5.69 Å². The number of nitrogens with zero attached hydrogens (tertiary/aromatic N) is 2. The number of benzene rings is 1. The predicted octanol–water partition coefficient (Wildman–Crippen LogP) is 1.32. The van der Waals surface area contributed by atoms with Gasteiger partial charge in [0.2, 0.25) is 5.91 Å². The average Bonchev–Trinajstić information content (AvgIpc) is 2.49. The summed E-state index contributed by atoms with van der Waals surface area (Å²) in [6.45, 7) is 6.96. The van der Waals surface area contributed by atoms with Gasteiger partial charge in [-0.05, 0) is 32.0 Å². The summed E-state index contributed by atoms with van der Waals surface area (Å²) in [6, 6.07) is 5.66. The molecule has 112 valence electrons. The Balaban J connectivity index is 2.15. The number of carbonyl (C=O) groups excluding carboxylic acids is 1. The summed E-state index contributed by atoms with van der Waals surface area (Å²) < 4.78 is 13.1. The maximum Gasteiger partial charge on any atom is 0.244 e. The molecule has 0 radical (unpaired) electrons. The van der Waals surface area contributed by atoms with E-state index in [1.165, 1.54) is 12.1 Å². The van der Waals surface area contributed by atoms with Crippen LogP contribution in [-0.4, -0.2) is 42.5 Å². The van der Waals surface area contributed by atoms with Crippen LogP contribution < -0.4 is 10.6 Å². The first-order chi connectivity index (χ1) is 9.95. The molecule has 6 heteroatoms. The summed E-state index contributed by atoms with van der Waals surface area (Å²) in [5.41, 5.74) is -0.227. The number of anilines is 1. The molecular weight excluding hydrogens is 271 g/mol. The van der Waals surface area contributed by atoms with Gasteiger partial charge in [-0.1, -0.05) is 0 Å². The van der Waals surface area contributed by atoms with Crippen molar-refractivity contribution in [2.45, 2.75) is 19.4 Å². The molecule has 5 nitrogen and oxygen atoms in total. The lowest BCUT2D eigenvalue weighted by Gasteiger charge is -2.39. The maximum atomic E-state index is 13.1. The normalized spacial score (nSPS) is 16.3. The second kappa shape index (κ2) is 6.20. The Labute approximate surface area is 123 Å². The number of carbonyl (C=O) groups is 1. The molecule has 0 atom stereocenters. The maximum absolute atomic E-state index is 13.1. The zero-order valence-corrected chi connectivity index (χ0v) is 12.2. The zero-order valence-electron chi connectivity index (χ0n) is 12.2. The van der Waals surface area contributed by atoms with Crippen LogP contribution in [0.3, 0.4) is 0 Å². The van der Waals surface area contributed by atoms with E-state index in [-0.39, 0.29) is 11.5 Å². The minimum atomic E-state index is -0.691. The summed E-state index contributed by atoms with van der Waals surface area (Å²) in [4.78, 5) is 14.6. The molecule has 0 unspecified atom stereocenters. The topological polar surface area (TPSA) is 68.2 Å². The summed E-state index contributed by atoms with van der Waals surface area (Å²) in [5.74, 6) is -0.696. The highest BCUT2D eigenvalue weighted by Crippen LogP contribution is 2.21. The van der Waals surface area contributed by atoms with Crippen LogP contribution >= 0.6 is 0 Å². The molecule has 1 aromatic rings. The van der Waals surface area contributed by atoms with Gasteiger partial charge in [-0.15, -0.1) is 0 Å². The fourth-order valence-corrected chi connectivity index (χ4v) is 2.36. The van der Waals surface area contributed by atoms with Crippen molar-refractivity contribution in [1.82, 2.24) is 10.2 Å². The SMILES string of the molecule is CC(C)(C(=O)Nc1ccc(F)cc1C#N)N1CCNCC1. The first kappa shape index (κ1) is 15.4. The van der Waals surface area contributed by atoms with E-state index in [1.54, 1.807) is 0 Å². The molecule has 0 saturated carbocycles. The molecule has 2 N–H and O–H groups in total. The highest BCUT2D eigenvalue weighted by molar-refractivity contribution is 5.98.